The molecule has 1 spiro atoms. The molecule has 0 aromatic rings. The molecule has 0 aromatic heterocycles. The van der Waals surface area contributed by atoms with Crippen molar-refractivity contribution in [2.75, 3.05) is 26.3 Å². The first-order chi connectivity index (χ1) is 3.91. The summed E-state index contributed by atoms with van der Waals surface area (Å²) >= 11 is 0. The number of rotatable bonds is 0. The van der Waals surface area contributed by atoms with E-state index in [2.05, 4.69) is 5.32 Å². The highest BCUT2D eigenvalue weighted by molar-refractivity contribution is 5.85. The van der Waals surface area contributed by atoms with Crippen LogP contribution in [0.5, 0.6) is 0 Å². The predicted octanol–water partition coefficient (Wildman–Crippen LogP) is 0.418. The fourth-order valence-electron chi connectivity index (χ4n) is 1.41. The summed E-state index contributed by atoms with van der Waals surface area (Å²) in [5.74, 6) is 0. The van der Waals surface area contributed by atoms with Crippen LogP contribution < -0.4 is 5.32 Å². The summed E-state index contributed by atoms with van der Waals surface area (Å²) in [5, 5.41) is 3.26. The summed E-state index contributed by atoms with van der Waals surface area (Å²) in [4.78, 5) is 0. The Morgan fingerprint density at radius 2 is 2.11 bits per heavy atom. The molecule has 2 aliphatic rings. The van der Waals surface area contributed by atoms with Crippen LogP contribution in [0.3, 0.4) is 0 Å². The predicted molar refractivity (Wildman–Crippen MR) is 38.0 cm³/mol. The lowest BCUT2D eigenvalue weighted by Crippen LogP contribution is -2.53. The third kappa shape index (κ3) is 1.07. The van der Waals surface area contributed by atoms with Gasteiger partial charge in [-0.15, -0.1) is 12.4 Å². The van der Waals surface area contributed by atoms with Gasteiger partial charge in [0.15, 0.2) is 0 Å². The Labute approximate surface area is 61.4 Å². The van der Waals surface area contributed by atoms with Gasteiger partial charge in [-0.3, -0.25) is 0 Å². The van der Waals surface area contributed by atoms with Crippen LogP contribution in [0, 0.1) is 5.41 Å². The second-order valence-corrected chi connectivity index (χ2v) is 2.91. The van der Waals surface area contributed by atoms with Crippen molar-refractivity contribution < 1.29 is 4.74 Å². The van der Waals surface area contributed by atoms with Gasteiger partial charge in [-0.1, -0.05) is 0 Å². The van der Waals surface area contributed by atoms with E-state index in [1.165, 1.54) is 19.5 Å². The molecular formula is C6H12ClNO. The van der Waals surface area contributed by atoms with E-state index >= 15 is 0 Å². The van der Waals surface area contributed by atoms with Crippen molar-refractivity contribution in [1.29, 1.82) is 0 Å². The first kappa shape index (κ1) is 7.32. The molecular weight excluding hydrogens is 138 g/mol. The molecule has 2 rings (SSSR count). The van der Waals surface area contributed by atoms with Crippen molar-refractivity contribution in [2.24, 2.45) is 5.41 Å². The Bertz CT molecular complexity index is 95.2. The monoisotopic (exact) mass is 149 g/mol. The average molecular weight is 150 g/mol. The van der Waals surface area contributed by atoms with E-state index in [0.717, 1.165) is 13.2 Å². The zero-order valence-corrected chi connectivity index (χ0v) is 6.17. The maximum atomic E-state index is 5.26. The highest BCUT2D eigenvalue weighted by Gasteiger charge is 2.40. The third-order valence-electron chi connectivity index (χ3n) is 2.18. The average Bonchev–Trinajstić information content (AvgIpc) is 2.07. The molecule has 0 aliphatic carbocycles. The molecule has 0 bridgehead atoms. The fraction of sp³-hybridized carbons (Fsp3) is 1.00. The van der Waals surface area contributed by atoms with Gasteiger partial charge in [-0.25, -0.2) is 0 Å². The Morgan fingerprint density at radius 3 is 2.33 bits per heavy atom. The van der Waals surface area contributed by atoms with E-state index in [9.17, 15) is 0 Å². The Hall–Kier alpha value is 0.210. The lowest BCUT2D eigenvalue weighted by molar-refractivity contribution is 0.112. The van der Waals surface area contributed by atoms with E-state index in [4.69, 9.17) is 4.74 Å². The molecule has 3 heteroatoms. The maximum absolute atomic E-state index is 5.26. The van der Waals surface area contributed by atoms with Crippen LogP contribution in [0.25, 0.3) is 0 Å². The largest absolute Gasteiger partial charge is 0.381 e. The molecule has 2 aliphatic heterocycles. The molecule has 2 heterocycles. The lowest BCUT2D eigenvalue weighted by atomic mass is 9.81. The van der Waals surface area contributed by atoms with Crippen LogP contribution in [0.1, 0.15) is 6.42 Å². The van der Waals surface area contributed by atoms with Crippen LogP contribution in [0.2, 0.25) is 0 Å². The Kier molecular flexibility index (Phi) is 1.99. The normalized spacial score (nSPS) is 29.3. The van der Waals surface area contributed by atoms with Crippen LogP contribution in [0.15, 0.2) is 0 Å². The molecule has 0 atom stereocenters. The maximum Gasteiger partial charge on any atom is 0.0547 e. The molecule has 0 radical (unpaired) electrons. The topological polar surface area (TPSA) is 21.3 Å². The van der Waals surface area contributed by atoms with Gasteiger partial charge in [0.25, 0.3) is 0 Å². The fourth-order valence-corrected chi connectivity index (χ4v) is 1.41. The summed E-state index contributed by atoms with van der Waals surface area (Å²) < 4.78 is 5.26. The SMILES string of the molecule is C1CC2(CNC2)CO1.Cl. The van der Waals surface area contributed by atoms with Crippen LogP contribution in [-0.2, 0) is 4.74 Å². The highest BCUT2D eigenvalue weighted by Crippen LogP contribution is 2.31. The van der Waals surface area contributed by atoms with Gasteiger partial charge < -0.3 is 10.1 Å². The minimum Gasteiger partial charge on any atom is -0.381 e. The molecule has 2 saturated heterocycles. The Morgan fingerprint density at radius 1 is 1.33 bits per heavy atom. The number of hydrogen-bond donors (Lipinski definition) is 1. The van der Waals surface area contributed by atoms with Crippen molar-refractivity contribution in [3.8, 4) is 0 Å². The van der Waals surface area contributed by atoms with Gasteiger partial charge in [-0.2, -0.15) is 0 Å². The quantitative estimate of drug-likeness (QED) is 0.539. The Balaban J connectivity index is 0.000000405. The summed E-state index contributed by atoms with van der Waals surface area (Å²) in [6.45, 7) is 4.36. The molecule has 2 fully saturated rings. The summed E-state index contributed by atoms with van der Waals surface area (Å²) in [6.07, 6.45) is 1.28. The van der Waals surface area contributed by atoms with E-state index in [0.29, 0.717) is 5.41 Å². The number of halogens is 1. The summed E-state index contributed by atoms with van der Waals surface area (Å²) in [5.41, 5.74) is 0.583. The smallest absolute Gasteiger partial charge is 0.0547 e. The van der Waals surface area contributed by atoms with E-state index in [1.807, 2.05) is 0 Å². The molecule has 54 valence electrons. The van der Waals surface area contributed by atoms with Gasteiger partial charge in [0.05, 0.1) is 6.61 Å². The van der Waals surface area contributed by atoms with Crippen LogP contribution in [-0.4, -0.2) is 26.3 Å². The second-order valence-electron chi connectivity index (χ2n) is 2.91. The van der Waals surface area contributed by atoms with Gasteiger partial charge in [-0.05, 0) is 6.42 Å². The minimum atomic E-state index is 0. The van der Waals surface area contributed by atoms with Crippen molar-refractivity contribution in [2.45, 2.75) is 6.42 Å². The first-order valence-corrected chi connectivity index (χ1v) is 3.20. The highest BCUT2D eigenvalue weighted by atomic mass is 35.5. The number of hydrogen-bond acceptors (Lipinski definition) is 2. The van der Waals surface area contributed by atoms with Crippen molar-refractivity contribution in [3.05, 3.63) is 0 Å². The van der Waals surface area contributed by atoms with Crippen molar-refractivity contribution >= 4 is 12.4 Å². The molecule has 9 heavy (non-hydrogen) atoms. The third-order valence-corrected chi connectivity index (χ3v) is 2.18. The van der Waals surface area contributed by atoms with E-state index in [1.54, 1.807) is 0 Å². The number of ether oxygens (including phenoxy) is 1. The first-order valence-electron chi connectivity index (χ1n) is 3.20. The summed E-state index contributed by atoms with van der Waals surface area (Å²) in [7, 11) is 0. The minimum absolute atomic E-state index is 0. The molecule has 0 aromatic carbocycles. The number of nitrogens with one attached hydrogen (secondary N) is 1. The standard InChI is InChI=1S/C6H11NO.ClH/c1-2-8-5-6(1)3-7-4-6;/h7H,1-5H2;1H. The van der Waals surface area contributed by atoms with E-state index < -0.39 is 0 Å². The molecule has 0 saturated carbocycles. The zero-order valence-electron chi connectivity index (χ0n) is 5.35. The van der Waals surface area contributed by atoms with Gasteiger partial charge >= 0.3 is 0 Å². The van der Waals surface area contributed by atoms with Crippen LogP contribution >= 0.6 is 12.4 Å². The molecule has 0 unspecified atom stereocenters. The molecule has 1 N–H and O–H groups in total. The zero-order chi connectivity index (χ0) is 5.45. The molecule has 2 nitrogen and oxygen atoms in total. The molecule has 0 amide bonds. The van der Waals surface area contributed by atoms with Gasteiger partial charge in [0.2, 0.25) is 0 Å². The van der Waals surface area contributed by atoms with Gasteiger partial charge in [0, 0.05) is 25.1 Å². The van der Waals surface area contributed by atoms with Gasteiger partial charge in [0.1, 0.15) is 0 Å². The summed E-state index contributed by atoms with van der Waals surface area (Å²) in [6, 6.07) is 0. The second kappa shape index (κ2) is 2.45. The van der Waals surface area contributed by atoms with Crippen molar-refractivity contribution in [3.63, 3.8) is 0 Å². The lowest BCUT2D eigenvalue weighted by Gasteiger charge is -2.37. The van der Waals surface area contributed by atoms with E-state index in [-0.39, 0.29) is 12.4 Å². The van der Waals surface area contributed by atoms with Crippen molar-refractivity contribution in [1.82, 2.24) is 5.32 Å². The van der Waals surface area contributed by atoms with Crippen LogP contribution in [0.4, 0.5) is 0 Å².